The Morgan fingerprint density at radius 2 is 1.84 bits per heavy atom. The molecule has 1 N–H and O–H groups in total. The molecule has 2 rings (SSSR count). The van der Waals surface area contributed by atoms with Crippen molar-refractivity contribution in [3.05, 3.63) is 35.9 Å². The molecule has 0 bridgehead atoms. The molecule has 5 nitrogen and oxygen atoms in total. The molecule has 2 amide bonds. The summed E-state index contributed by atoms with van der Waals surface area (Å²) in [7, 11) is 1.36. The van der Waals surface area contributed by atoms with Crippen molar-refractivity contribution in [2.75, 3.05) is 20.2 Å². The fraction of sp³-hybridized carbons (Fsp3) is 0.600. The lowest BCUT2D eigenvalue weighted by atomic mass is 9.90. The Balaban J connectivity index is 1.82. The van der Waals surface area contributed by atoms with Gasteiger partial charge in [-0.1, -0.05) is 44.2 Å². The molecule has 0 radical (unpaired) electrons. The summed E-state index contributed by atoms with van der Waals surface area (Å²) in [6.45, 7) is 5.52. The highest BCUT2D eigenvalue weighted by molar-refractivity contribution is 5.83. The van der Waals surface area contributed by atoms with E-state index in [0.717, 1.165) is 32.4 Å². The lowest BCUT2D eigenvalue weighted by Gasteiger charge is -2.33. The molecule has 25 heavy (non-hydrogen) atoms. The fourth-order valence-corrected chi connectivity index (χ4v) is 3.36. The molecule has 1 unspecified atom stereocenters. The number of ether oxygens (including phenoxy) is 1. The van der Waals surface area contributed by atoms with E-state index in [0.29, 0.717) is 18.3 Å². The minimum absolute atomic E-state index is 0.158. The number of amides is 2. The predicted octanol–water partition coefficient (Wildman–Crippen LogP) is 3.24. The molecule has 1 aliphatic rings. The van der Waals surface area contributed by atoms with Gasteiger partial charge in [0.05, 0.1) is 7.11 Å². The van der Waals surface area contributed by atoms with Crippen LogP contribution in [0.2, 0.25) is 0 Å². The van der Waals surface area contributed by atoms with E-state index in [-0.39, 0.29) is 12.0 Å². The van der Waals surface area contributed by atoms with Gasteiger partial charge < -0.3 is 15.0 Å². The number of hydrogen-bond acceptors (Lipinski definition) is 3. The van der Waals surface area contributed by atoms with E-state index in [1.165, 1.54) is 12.7 Å². The van der Waals surface area contributed by atoms with Crippen molar-refractivity contribution >= 4 is 12.0 Å². The Kier molecular flexibility index (Phi) is 7.29. The second-order valence-electron chi connectivity index (χ2n) is 7.27. The molecule has 0 aliphatic carbocycles. The zero-order valence-corrected chi connectivity index (χ0v) is 15.5. The van der Waals surface area contributed by atoms with Crippen molar-refractivity contribution in [2.45, 2.75) is 45.6 Å². The minimum atomic E-state index is -0.570. The first kappa shape index (κ1) is 19.3. The zero-order chi connectivity index (χ0) is 18.2. The van der Waals surface area contributed by atoms with Gasteiger partial charge in [-0.05, 0) is 43.1 Å². The van der Waals surface area contributed by atoms with E-state index in [9.17, 15) is 9.59 Å². The van der Waals surface area contributed by atoms with Gasteiger partial charge in [0.2, 0.25) is 0 Å². The van der Waals surface area contributed by atoms with Crippen LogP contribution in [0.15, 0.2) is 30.3 Å². The van der Waals surface area contributed by atoms with Crippen LogP contribution in [0.4, 0.5) is 4.79 Å². The van der Waals surface area contributed by atoms with Gasteiger partial charge in [-0.25, -0.2) is 9.59 Å². The van der Waals surface area contributed by atoms with Crippen LogP contribution in [-0.2, 0) is 16.0 Å². The highest BCUT2D eigenvalue weighted by Gasteiger charge is 2.27. The molecule has 0 saturated carbocycles. The molecular formula is C20H30N2O3. The third kappa shape index (κ3) is 6.07. The van der Waals surface area contributed by atoms with Crippen LogP contribution in [0.3, 0.4) is 0 Å². The molecule has 1 aliphatic heterocycles. The third-order valence-electron chi connectivity index (χ3n) is 4.76. The normalized spacial score (nSPS) is 16.6. The van der Waals surface area contributed by atoms with Crippen molar-refractivity contribution in [2.24, 2.45) is 11.8 Å². The van der Waals surface area contributed by atoms with Crippen LogP contribution in [0.1, 0.15) is 38.7 Å². The minimum Gasteiger partial charge on any atom is -0.467 e. The molecule has 5 heteroatoms. The monoisotopic (exact) mass is 346 g/mol. The number of benzene rings is 1. The van der Waals surface area contributed by atoms with Gasteiger partial charge in [0.1, 0.15) is 6.04 Å². The summed E-state index contributed by atoms with van der Waals surface area (Å²) < 4.78 is 4.81. The maximum atomic E-state index is 12.5. The van der Waals surface area contributed by atoms with E-state index in [4.69, 9.17) is 4.74 Å². The van der Waals surface area contributed by atoms with Crippen LogP contribution in [0.25, 0.3) is 0 Å². The Bertz CT molecular complexity index is 551. The number of nitrogens with zero attached hydrogens (tertiary/aromatic N) is 1. The lowest BCUT2D eigenvalue weighted by molar-refractivity contribution is -0.143. The summed E-state index contributed by atoms with van der Waals surface area (Å²) in [5.74, 6) is 0.542. The molecule has 1 heterocycles. The number of hydrogen-bond donors (Lipinski definition) is 1. The second kappa shape index (κ2) is 9.44. The SMILES string of the molecule is COC(=O)C(CC(C)C)NC(=O)N1CCC(Cc2ccccc2)CC1. The molecule has 1 aromatic carbocycles. The number of nitrogens with one attached hydrogen (secondary N) is 1. The van der Waals surface area contributed by atoms with Crippen molar-refractivity contribution in [3.63, 3.8) is 0 Å². The third-order valence-corrected chi connectivity index (χ3v) is 4.76. The first-order valence-corrected chi connectivity index (χ1v) is 9.16. The molecular weight excluding hydrogens is 316 g/mol. The van der Waals surface area contributed by atoms with Crippen molar-refractivity contribution in [3.8, 4) is 0 Å². The number of urea groups is 1. The fourth-order valence-electron chi connectivity index (χ4n) is 3.36. The van der Waals surface area contributed by atoms with Gasteiger partial charge in [0, 0.05) is 13.1 Å². The van der Waals surface area contributed by atoms with Gasteiger partial charge in [-0.2, -0.15) is 0 Å². The molecule has 1 aromatic rings. The first-order chi connectivity index (χ1) is 12.0. The van der Waals surface area contributed by atoms with E-state index in [1.54, 1.807) is 0 Å². The summed E-state index contributed by atoms with van der Waals surface area (Å²) in [5.41, 5.74) is 1.35. The smallest absolute Gasteiger partial charge is 0.328 e. The van der Waals surface area contributed by atoms with E-state index in [1.807, 2.05) is 24.8 Å². The van der Waals surface area contributed by atoms with E-state index < -0.39 is 6.04 Å². The summed E-state index contributed by atoms with van der Waals surface area (Å²) in [6.07, 6.45) is 3.64. The Labute approximate surface area is 150 Å². The number of esters is 1. The van der Waals surface area contributed by atoms with E-state index in [2.05, 4.69) is 29.6 Å². The standard InChI is InChI=1S/C20H30N2O3/c1-15(2)13-18(19(23)25-3)21-20(24)22-11-9-17(10-12-22)14-16-7-5-4-6-8-16/h4-8,15,17-18H,9-14H2,1-3H3,(H,21,24). The first-order valence-electron chi connectivity index (χ1n) is 9.16. The average molecular weight is 346 g/mol. The molecule has 0 spiro atoms. The number of piperidine rings is 1. The molecule has 1 saturated heterocycles. The Morgan fingerprint density at radius 3 is 2.40 bits per heavy atom. The van der Waals surface area contributed by atoms with Gasteiger partial charge in [-0.3, -0.25) is 0 Å². The number of methoxy groups -OCH3 is 1. The topological polar surface area (TPSA) is 58.6 Å². The van der Waals surface area contributed by atoms with Crippen molar-refractivity contribution < 1.29 is 14.3 Å². The summed E-state index contributed by atoms with van der Waals surface area (Å²) >= 11 is 0. The van der Waals surface area contributed by atoms with Crippen LogP contribution in [0.5, 0.6) is 0 Å². The summed E-state index contributed by atoms with van der Waals surface area (Å²) in [4.78, 5) is 26.2. The van der Waals surface area contributed by atoms with Gasteiger partial charge >= 0.3 is 12.0 Å². The second-order valence-corrected chi connectivity index (χ2v) is 7.27. The predicted molar refractivity (Wildman–Crippen MR) is 98.2 cm³/mol. The molecule has 138 valence electrons. The largest absolute Gasteiger partial charge is 0.467 e. The Morgan fingerprint density at radius 1 is 1.20 bits per heavy atom. The number of rotatable bonds is 6. The molecule has 1 fully saturated rings. The summed E-state index contributed by atoms with van der Waals surface area (Å²) in [5, 5.41) is 2.85. The quantitative estimate of drug-likeness (QED) is 0.805. The van der Waals surface area contributed by atoms with Crippen molar-refractivity contribution in [1.29, 1.82) is 0 Å². The van der Waals surface area contributed by atoms with Crippen LogP contribution < -0.4 is 5.32 Å². The van der Waals surface area contributed by atoms with Crippen molar-refractivity contribution in [1.82, 2.24) is 10.2 Å². The zero-order valence-electron chi connectivity index (χ0n) is 15.5. The molecule has 1 atom stereocenters. The van der Waals surface area contributed by atoms with Gasteiger partial charge in [0.15, 0.2) is 0 Å². The average Bonchev–Trinajstić information content (AvgIpc) is 2.61. The highest BCUT2D eigenvalue weighted by Crippen LogP contribution is 2.22. The number of carbonyl (C=O) groups is 2. The van der Waals surface area contributed by atoms with Gasteiger partial charge in [-0.15, -0.1) is 0 Å². The van der Waals surface area contributed by atoms with Crippen LogP contribution in [0, 0.1) is 11.8 Å². The number of likely N-dealkylation sites (tertiary alicyclic amines) is 1. The van der Waals surface area contributed by atoms with Crippen LogP contribution >= 0.6 is 0 Å². The Hall–Kier alpha value is -2.04. The lowest BCUT2D eigenvalue weighted by Crippen LogP contribution is -2.50. The summed E-state index contributed by atoms with van der Waals surface area (Å²) in [6, 6.07) is 9.76. The van der Waals surface area contributed by atoms with Gasteiger partial charge in [0.25, 0.3) is 0 Å². The van der Waals surface area contributed by atoms with E-state index >= 15 is 0 Å². The molecule has 0 aromatic heterocycles. The highest BCUT2D eigenvalue weighted by atomic mass is 16.5. The number of carbonyl (C=O) groups excluding carboxylic acids is 2. The maximum absolute atomic E-state index is 12.5. The maximum Gasteiger partial charge on any atom is 0.328 e. The van der Waals surface area contributed by atoms with Crippen LogP contribution in [-0.4, -0.2) is 43.1 Å².